The zero-order chi connectivity index (χ0) is 18.7. The molecule has 1 saturated heterocycles. The van der Waals surface area contributed by atoms with Crippen LogP contribution in [0.5, 0.6) is 0 Å². The Morgan fingerprint density at radius 2 is 2.04 bits per heavy atom. The first-order valence-corrected chi connectivity index (χ1v) is 9.97. The lowest BCUT2D eigenvalue weighted by Gasteiger charge is -2.57. The van der Waals surface area contributed by atoms with Gasteiger partial charge in [-0.15, -0.1) is 0 Å². The highest BCUT2D eigenvalue weighted by Gasteiger charge is 2.81. The van der Waals surface area contributed by atoms with E-state index in [1.807, 2.05) is 6.08 Å². The fourth-order valence-electron chi connectivity index (χ4n) is 7.62. The minimum Gasteiger partial charge on any atom is -0.382 e. The third-order valence-electron chi connectivity index (χ3n) is 9.00. The molecule has 4 fully saturated rings. The van der Waals surface area contributed by atoms with Gasteiger partial charge in [-0.05, 0) is 69.4 Å². The van der Waals surface area contributed by atoms with E-state index in [1.54, 1.807) is 6.08 Å². The Kier molecular flexibility index (Phi) is 2.98. The molecule has 1 aliphatic heterocycles. The van der Waals surface area contributed by atoms with Crippen LogP contribution in [0.15, 0.2) is 23.8 Å². The Labute approximate surface area is 154 Å². The molecular formula is C22H28O4. The molecule has 8 unspecified atom stereocenters. The Hall–Kier alpha value is -1.26. The SMILES string of the molecule is CC(=O)C1(O)CCC2C3CC(C)C4=CC(=O)C=CC4(C)C34OC4CC21C. The molecule has 0 radical (unpaired) electrons. The van der Waals surface area contributed by atoms with Crippen molar-refractivity contribution in [2.75, 3.05) is 0 Å². The predicted molar refractivity (Wildman–Crippen MR) is 96.3 cm³/mol. The van der Waals surface area contributed by atoms with Gasteiger partial charge in [0.1, 0.15) is 11.2 Å². The van der Waals surface area contributed by atoms with E-state index in [9.17, 15) is 14.7 Å². The normalized spacial score (nSPS) is 56.8. The highest BCUT2D eigenvalue weighted by atomic mass is 16.6. The number of ketones is 2. The van der Waals surface area contributed by atoms with Crippen molar-refractivity contribution in [3.05, 3.63) is 23.8 Å². The van der Waals surface area contributed by atoms with Gasteiger partial charge in [0.05, 0.1) is 6.10 Å². The number of hydrogen-bond donors (Lipinski definition) is 1. The minimum atomic E-state index is -1.23. The molecule has 4 heteroatoms. The van der Waals surface area contributed by atoms with Crippen molar-refractivity contribution in [2.45, 2.75) is 70.7 Å². The Balaban J connectivity index is 1.63. The van der Waals surface area contributed by atoms with Crippen LogP contribution in [0.3, 0.4) is 0 Å². The molecule has 26 heavy (non-hydrogen) atoms. The van der Waals surface area contributed by atoms with Crippen LogP contribution in [-0.4, -0.2) is 34.0 Å². The lowest BCUT2D eigenvalue weighted by atomic mass is 9.45. The third kappa shape index (κ3) is 1.57. The number of carbonyl (C=O) groups is 2. The molecule has 1 N–H and O–H groups in total. The smallest absolute Gasteiger partial charge is 0.178 e. The fourth-order valence-corrected chi connectivity index (χ4v) is 7.62. The summed E-state index contributed by atoms with van der Waals surface area (Å²) in [5.74, 6) is 0.873. The second kappa shape index (κ2) is 4.59. The molecule has 1 heterocycles. The van der Waals surface area contributed by atoms with E-state index in [2.05, 4.69) is 26.8 Å². The maximum absolute atomic E-state index is 12.3. The van der Waals surface area contributed by atoms with Gasteiger partial charge in [0, 0.05) is 10.8 Å². The first kappa shape index (κ1) is 16.9. The second-order valence-electron chi connectivity index (χ2n) is 9.86. The van der Waals surface area contributed by atoms with Gasteiger partial charge in [-0.1, -0.05) is 25.5 Å². The minimum absolute atomic E-state index is 0.0523. The fraction of sp³-hybridized carbons (Fsp3) is 0.727. The molecule has 1 spiro atoms. The van der Waals surface area contributed by atoms with Crippen LogP contribution in [0, 0.1) is 28.6 Å². The summed E-state index contributed by atoms with van der Waals surface area (Å²) in [5, 5.41) is 11.3. The lowest BCUT2D eigenvalue weighted by Crippen LogP contribution is -2.61. The summed E-state index contributed by atoms with van der Waals surface area (Å²) >= 11 is 0. The van der Waals surface area contributed by atoms with Crippen LogP contribution in [0.1, 0.15) is 53.4 Å². The van der Waals surface area contributed by atoms with Crippen molar-refractivity contribution >= 4 is 11.6 Å². The Morgan fingerprint density at radius 3 is 2.73 bits per heavy atom. The predicted octanol–water partition coefficient (Wildman–Crippen LogP) is 2.99. The molecule has 140 valence electrons. The second-order valence-corrected chi connectivity index (χ2v) is 9.86. The first-order chi connectivity index (χ1) is 12.1. The van der Waals surface area contributed by atoms with Crippen LogP contribution in [0.25, 0.3) is 0 Å². The van der Waals surface area contributed by atoms with E-state index in [0.29, 0.717) is 18.3 Å². The summed E-state index contributed by atoms with van der Waals surface area (Å²) in [5.41, 5.74) is -0.971. The molecule has 4 aliphatic carbocycles. The summed E-state index contributed by atoms with van der Waals surface area (Å²) in [6, 6.07) is 0. The summed E-state index contributed by atoms with van der Waals surface area (Å²) in [7, 11) is 0. The maximum atomic E-state index is 12.3. The summed E-state index contributed by atoms with van der Waals surface area (Å²) in [6.45, 7) is 8.07. The van der Waals surface area contributed by atoms with E-state index in [4.69, 9.17) is 4.74 Å². The van der Waals surface area contributed by atoms with Gasteiger partial charge in [0.25, 0.3) is 0 Å². The molecule has 5 rings (SSSR count). The number of allylic oxidation sites excluding steroid dienone is 2. The first-order valence-electron chi connectivity index (χ1n) is 9.97. The van der Waals surface area contributed by atoms with Crippen molar-refractivity contribution in [3.8, 4) is 0 Å². The van der Waals surface area contributed by atoms with Crippen LogP contribution < -0.4 is 0 Å². The van der Waals surface area contributed by atoms with Crippen molar-refractivity contribution in [3.63, 3.8) is 0 Å². The summed E-state index contributed by atoms with van der Waals surface area (Å²) in [4.78, 5) is 24.4. The monoisotopic (exact) mass is 356 g/mol. The number of carbonyl (C=O) groups excluding carboxylic acids is 2. The van der Waals surface area contributed by atoms with Crippen LogP contribution in [0.4, 0.5) is 0 Å². The van der Waals surface area contributed by atoms with E-state index in [1.165, 1.54) is 12.5 Å². The summed E-state index contributed by atoms with van der Waals surface area (Å²) < 4.78 is 6.47. The van der Waals surface area contributed by atoms with Crippen molar-refractivity contribution < 1.29 is 19.4 Å². The third-order valence-corrected chi connectivity index (χ3v) is 9.00. The lowest BCUT2D eigenvalue weighted by molar-refractivity contribution is -0.155. The molecule has 0 aromatic rings. The van der Waals surface area contributed by atoms with E-state index in [-0.39, 0.29) is 34.6 Å². The maximum Gasteiger partial charge on any atom is 0.178 e. The number of rotatable bonds is 1. The average Bonchev–Trinajstić information content (AvgIpc) is 3.23. The van der Waals surface area contributed by atoms with Crippen LogP contribution in [0.2, 0.25) is 0 Å². The van der Waals surface area contributed by atoms with Crippen molar-refractivity contribution in [1.82, 2.24) is 0 Å². The topological polar surface area (TPSA) is 66.9 Å². The molecule has 3 saturated carbocycles. The van der Waals surface area contributed by atoms with E-state index >= 15 is 0 Å². The van der Waals surface area contributed by atoms with Crippen LogP contribution >= 0.6 is 0 Å². The Morgan fingerprint density at radius 1 is 1.31 bits per heavy atom. The highest BCUT2D eigenvalue weighted by molar-refractivity contribution is 6.01. The molecule has 0 amide bonds. The van der Waals surface area contributed by atoms with E-state index in [0.717, 1.165) is 19.3 Å². The van der Waals surface area contributed by atoms with Crippen molar-refractivity contribution in [1.29, 1.82) is 0 Å². The van der Waals surface area contributed by atoms with Gasteiger partial charge in [0.15, 0.2) is 11.6 Å². The zero-order valence-electron chi connectivity index (χ0n) is 16.0. The molecule has 0 bridgehead atoms. The Bertz CT molecular complexity index is 796. The zero-order valence-corrected chi connectivity index (χ0v) is 16.0. The quantitative estimate of drug-likeness (QED) is 0.734. The molecule has 8 atom stereocenters. The molecule has 0 aromatic heterocycles. The van der Waals surface area contributed by atoms with Crippen molar-refractivity contribution in [2.24, 2.45) is 28.6 Å². The van der Waals surface area contributed by atoms with Crippen LogP contribution in [-0.2, 0) is 14.3 Å². The number of fused-ring (bicyclic) bond motifs is 3. The number of aliphatic hydroxyl groups is 1. The van der Waals surface area contributed by atoms with E-state index < -0.39 is 11.0 Å². The number of hydrogen-bond acceptors (Lipinski definition) is 4. The molecule has 4 nitrogen and oxygen atoms in total. The highest BCUT2D eigenvalue weighted by Crippen LogP contribution is 2.76. The standard InChI is InChI=1S/C22H28O4/c1-12-9-17-15-6-8-21(25,13(2)23)20(15,4)11-18-22(17,26-18)19(3)7-5-14(24)10-16(12)19/h5,7,10,12,15,17-18,25H,6,8-9,11H2,1-4H3. The summed E-state index contributed by atoms with van der Waals surface area (Å²) in [6.07, 6.45) is 8.77. The number of epoxide rings is 1. The largest absolute Gasteiger partial charge is 0.382 e. The number of ether oxygens (including phenoxy) is 1. The molecular weight excluding hydrogens is 328 g/mol. The molecule has 0 aromatic carbocycles. The number of Topliss-reactive ketones (excluding diaryl/α,β-unsaturated/α-hetero) is 1. The van der Waals surface area contributed by atoms with Gasteiger partial charge < -0.3 is 9.84 Å². The van der Waals surface area contributed by atoms with Gasteiger partial charge >= 0.3 is 0 Å². The average molecular weight is 356 g/mol. The van der Waals surface area contributed by atoms with Gasteiger partial charge in [-0.3, -0.25) is 9.59 Å². The van der Waals surface area contributed by atoms with Gasteiger partial charge in [-0.25, -0.2) is 0 Å². The van der Waals surface area contributed by atoms with Gasteiger partial charge in [0.2, 0.25) is 0 Å². The molecule has 5 aliphatic rings. The van der Waals surface area contributed by atoms with Gasteiger partial charge in [-0.2, -0.15) is 0 Å².